The molecular weight excluding hydrogens is 416 g/mol. The minimum Gasteiger partial charge on any atom is -0.508 e. The van der Waals surface area contributed by atoms with Crippen molar-refractivity contribution in [2.45, 2.75) is 6.92 Å². The molecule has 2 aromatic heterocycles. The molecule has 0 saturated heterocycles. The molecule has 26 heavy (non-hydrogen) atoms. The van der Waals surface area contributed by atoms with Crippen molar-refractivity contribution in [1.82, 2.24) is 15.0 Å². The molecule has 2 aromatic carbocycles. The van der Waals surface area contributed by atoms with E-state index in [0.29, 0.717) is 10.8 Å². The molecule has 2 heterocycles. The lowest BCUT2D eigenvalue weighted by molar-refractivity contribution is 0.475. The smallest absolute Gasteiger partial charge is 0.143 e. The van der Waals surface area contributed by atoms with Gasteiger partial charge < -0.3 is 15.4 Å². The lowest BCUT2D eigenvalue weighted by atomic mass is 10.1. The van der Waals surface area contributed by atoms with Crippen LogP contribution in [0.5, 0.6) is 5.75 Å². The fourth-order valence-corrected chi connectivity index (χ4v) is 3.08. The van der Waals surface area contributed by atoms with Gasteiger partial charge in [-0.15, -0.1) is 17.0 Å². The summed E-state index contributed by atoms with van der Waals surface area (Å²) in [5.74, 6) is 0.951. The van der Waals surface area contributed by atoms with E-state index in [1.165, 1.54) is 6.33 Å². The van der Waals surface area contributed by atoms with E-state index in [9.17, 15) is 5.11 Å². The normalized spacial score (nSPS) is 10.5. The number of H-pyrrole nitrogens is 1. The molecule has 0 unspecified atom stereocenters. The summed E-state index contributed by atoms with van der Waals surface area (Å²) in [5, 5.41) is 14.4. The number of anilines is 2. The summed E-state index contributed by atoms with van der Waals surface area (Å²) in [6.07, 6.45) is 1.52. The van der Waals surface area contributed by atoms with Crippen LogP contribution < -0.4 is 5.32 Å². The van der Waals surface area contributed by atoms with Gasteiger partial charge in [-0.3, -0.25) is 0 Å². The number of fused-ring (bicyclic) bond motifs is 1. The maximum absolute atomic E-state index is 9.49. The van der Waals surface area contributed by atoms with Crippen LogP contribution in [0.25, 0.3) is 22.3 Å². The molecule has 132 valence electrons. The standard InChI is InChI=1S/C19H15ClN4O.BrH/c1-11-16-18(23-14-4-2-3-13(20)9-14)21-10-22-19(16)24-17(11)12-5-7-15(25)8-6-12;/h2-10,25H,1H3,(H2,21,22,23,24);1H. The highest BCUT2D eigenvalue weighted by atomic mass is 79.9. The molecule has 0 spiro atoms. The average molecular weight is 432 g/mol. The molecule has 4 rings (SSSR count). The van der Waals surface area contributed by atoms with Gasteiger partial charge in [-0.1, -0.05) is 17.7 Å². The van der Waals surface area contributed by atoms with Gasteiger partial charge >= 0.3 is 0 Å². The molecule has 3 N–H and O–H groups in total. The van der Waals surface area contributed by atoms with Crippen LogP contribution in [-0.2, 0) is 0 Å². The van der Waals surface area contributed by atoms with E-state index in [4.69, 9.17) is 11.6 Å². The Morgan fingerprint density at radius 2 is 1.85 bits per heavy atom. The lowest BCUT2D eigenvalue weighted by Gasteiger charge is -2.07. The van der Waals surface area contributed by atoms with Crippen molar-refractivity contribution in [2.24, 2.45) is 0 Å². The summed E-state index contributed by atoms with van der Waals surface area (Å²) in [5.41, 5.74) is 4.57. The third kappa shape index (κ3) is 3.38. The molecule has 0 amide bonds. The molecule has 0 aliphatic heterocycles. The first-order valence-corrected chi connectivity index (χ1v) is 8.15. The van der Waals surface area contributed by atoms with Crippen molar-refractivity contribution in [2.75, 3.05) is 5.32 Å². The zero-order valence-electron chi connectivity index (χ0n) is 13.8. The molecule has 4 aromatic rings. The minimum atomic E-state index is 0. The van der Waals surface area contributed by atoms with Crippen molar-refractivity contribution in [3.05, 3.63) is 65.4 Å². The number of nitrogens with one attached hydrogen (secondary N) is 2. The van der Waals surface area contributed by atoms with Crippen LogP contribution in [0.2, 0.25) is 5.02 Å². The monoisotopic (exact) mass is 430 g/mol. The number of benzene rings is 2. The first kappa shape index (κ1) is 18.2. The summed E-state index contributed by atoms with van der Waals surface area (Å²) in [6.45, 7) is 2.02. The second kappa shape index (κ2) is 7.35. The van der Waals surface area contributed by atoms with Crippen LogP contribution in [0.15, 0.2) is 54.9 Å². The predicted octanol–water partition coefficient (Wildman–Crippen LogP) is 5.61. The third-order valence-corrected chi connectivity index (χ3v) is 4.32. The zero-order chi connectivity index (χ0) is 17.4. The Kier molecular flexibility index (Phi) is 5.15. The Hall–Kier alpha value is -2.57. The van der Waals surface area contributed by atoms with E-state index < -0.39 is 0 Å². The molecular formula is C19H16BrClN4O. The molecule has 0 bridgehead atoms. The van der Waals surface area contributed by atoms with Gasteiger partial charge in [-0.05, 0) is 60.5 Å². The fraction of sp³-hybridized carbons (Fsp3) is 0.0526. The second-order valence-corrected chi connectivity index (χ2v) is 6.19. The van der Waals surface area contributed by atoms with E-state index in [2.05, 4.69) is 20.3 Å². The molecule has 0 radical (unpaired) electrons. The molecule has 0 atom stereocenters. The highest BCUT2D eigenvalue weighted by Gasteiger charge is 2.15. The number of hydrogen-bond donors (Lipinski definition) is 3. The Labute approximate surface area is 165 Å². The molecule has 0 aliphatic rings. The summed E-state index contributed by atoms with van der Waals surface area (Å²) < 4.78 is 0. The van der Waals surface area contributed by atoms with E-state index in [1.54, 1.807) is 12.1 Å². The number of rotatable bonds is 3. The number of nitrogens with zero attached hydrogens (tertiary/aromatic N) is 2. The SMILES string of the molecule is Br.Cc1c(-c2ccc(O)cc2)[nH]c2ncnc(Nc3cccc(Cl)c3)c12. The van der Waals surface area contributed by atoms with Crippen LogP contribution in [0, 0.1) is 6.92 Å². The summed E-state index contributed by atoms with van der Waals surface area (Å²) in [4.78, 5) is 12.1. The van der Waals surface area contributed by atoms with E-state index >= 15 is 0 Å². The van der Waals surface area contributed by atoms with E-state index in [-0.39, 0.29) is 22.7 Å². The summed E-state index contributed by atoms with van der Waals surface area (Å²) >= 11 is 6.06. The van der Waals surface area contributed by atoms with Gasteiger partial charge in [0.05, 0.1) is 11.1 Å². The van der Waals surface area contributed by atoms with Gasteiger partial charge in [-0.2, -0.15) is 0 Å². The summed E-state index contributed by atoms with van der Waals surface area (Å²) in [6, 6.07) is 14.5. The number of hydrogen-bond acceptors (Lipinski definition) is 4. The van der Waals surface area contributed by atoms with Crippen LogP contribution >= 0.6 is 28.6 Å². The number of aromatic amines is 1. The van der Waals surface area contributed by atoms with Gasteiger partial charge in [0.2, 0.25) is 0 Å². The van der Waals surface area contributed by atoms with Crippen LogP contribution in [0.4, 0.5) is 11.5 Å². The van der Waals surface area contributed by atoms with E-state index in [1.807, 2.05) is 43.3 Å². The molecule has 7 heteroatoms. The number of aromatic nitrogens is 3. The first-order chi connectivity index (χ1) is 12.1. The number of phenolic OH excluding ortho intramolecular Hbond substituents is 1. The minimum absolute atomic E-state index is 0. The van der Waals surface area contributed by atoms with Gasteiger partial charge in [0, 0.05) is 10.7 Å². The quantitative estimate of drug-likeness (QED) is 0.394. The number of aryl methyl sites for hydroxylation is 1. The molecule has 5 nitrogen and oxygen atoms in total. The van der Waals surface area contributed by atoms with Gasteiger partial charge in [0.25, 0.3) is 0 Å². The first-order valence-electron chi connectivity index (χ1n) is 7.77. The Morgan fingerprint density at radius 1 is 1.08 bits per heavy atom. The van der Waals surface area contributed by atoms with Gasteiger partial charge in [0.1, 0.15) is 23.5 Å². The predicted molar refractivity (Wildman–Crippen MR) is 111 cm³/mol. The Bertz CT molecular complexity index is 1060. The van der Waals surface area contributed by atoms with Crippen LogP contribution in [0.1, 0.15) is 5.56 Å². The molecule has 0 aliphatic carbocycles. The second-order valence-electron chi connectivity index (χ2n) is 5.75. The average Bonchev–Trinajstić information content (AvgIpc) is 2.94. The van der Waals surface area contributed by atoms with Gasteiger partial charge in [0.15, 0.2) is 0 Å². The van der Waals surface area contributed by atoms with Crippen molar-refractivity contribution in [3.8, 4) is 17.0 Å². The van der Waals surface area contributed by atoms with Crippen molar-refractivity contribution in [3.63, 3.8) is 0 Å². The number of aromatic hydroxyl groups is 1. The summed E-state index contributed by atoms with van der Waals surface area (Å²) in [7, 11) is 0. The third-order valence-electron chi connectivity index (χ3n) is 4.08. The van der Waals surface area contributed by atoms with Crippen LogP contribution in [-0.4, -0.2) is 20.1 Å². The fourth-order valence-electron chi connectivity index (χ4n) is 2.89. The topological polar surface area (TPSA) is 73.8 Å². The maximum Gasteiger partial charge on any atom is 0.143 e. The Balaban J connectivity index is 0.00000196. The highest BCUT2D eigenvalue weighted by Crippen LogP contribution is 2.33. The van der Waals surface area contributed by atoms with Crippen molar-refractivity contribution < 1.29 is 5.11 Å². The lowest BCUT2D eigenvalue weighted by Crippen LogP contribution is -1.95. The number of phenols is 1. The number of halogens is 2. The van der Waals surface area contributed by atoms with Crippen molar-refractivity contribution in [1.29, 1.82) is 0 Å². The van der Waals surface area contributed by atoms with E-state index in [0.717, 1.165) is 33.5 Å². The van der Waals surface area contributed by atoms with Gasteiger partial charge in [-0.25, -0.2) is 9.97 Å². The zero-order valence-corrected chi connectivity index (χ0v) is 16.3. The highest BCUT2D eigenvalue weighted by molar-refractivity contribution is 8.93. The largest absolute Gasteiger partial charge is 0.508 e. The molecule has 0 saturated carbocycles. The Morgan fingerprint density at radius 3 is 2.58 bits per heavy atom. The van der Waals surface area contributed by atoms with Crippen LogP contribution in [0.3, 0.4) is 0 Å². The van der Waals surface area contributed by atoms with Crippen molar-refractivity contribution >= 4 is 51.1 Å². The molecule has 0 fully saturated rings. The maximum atomic E-state index is 9.49.